The van der Waals surface area contributed by atoms with Crippen LogP contribution in [-0.2, 0) is 9.53 Å². The molecule has 0 aromatic heterocycles. The Labute approximate surface area is 215 Å². The van der Waals surface area contributed by atoms with Crippen molar-refractivity contribution in [1.82, 2.24) is 0 Å². The van der Waals surface area contributed by atoms with Crippen LogP contribution in [0.5, 0.6) is 5.75 Å². The van der Waals surface area contributed by atoms with E-state index in [1.165, 1.54) is 4.90 Å². The molecule has 5 aromatic rings. The Bertz CT molecular complexity index is 1530. The molecule has 1 unspecified atom stereocenters. The van der Waals surface area contributed by atoms with Gasteiger partial charge >= 0.3 is 5.97 Å². The Kier molecular flexibility index (Phi) is 7.06. The predicted molar refractivity (Wildman–Crippen MR) is 148 cm³/mol. The minimum Gasteiger partial charge on any atom is -0.488 e. The lowest BCUT2D eigenvalue weighted by atomic mass is 10.0. The fraction of sp³-hybridized carbons (Fsp3) is 0.0938. The number of carbonyl (C=O) groups excluding carboxylic acids is 1. The highest BCUT2D eigenvalue weighted by molar-refractivity contribution is 7.99. The van der Waals surface area contributed by atoms with Gasteiger partial charge in [0.15, 0.2) is 6.10 Å². The second-order valence-corrected chi connectivity index (χ2v) is 9.77. The van der Waals surface area contributed by atoms with Crippen LogP contribution < -0.4 is 4.74 Å². The average Bonchev–Trinajstić information content (AvgIpc) is 2.91. The Morgan fingerprint density at radius 2 is 1.44 bits per heavy atom. The number of hydrogen-bond acceptors (Lipinski definition) is 4. The summed E-state index contributed by atoms with van der Waals surface area (Å²) in [5.74, 6) is 0.350. The van der Waals surface area contributed by atoms with Crippen molar-refractivity contribution < 1.29 is 14.3 Å². The van der Waals surface area contributed by atoms with Gasteiger partial charge < -0.3 is 9.47 Å². The average molecular weight is 491 g/mol. The third kappa shape index (κ3) is 5.29. The van der Waals surface area contributed by atoms with E-state index in [-0.39, 0.29) is 6.61 Å². The van der Waals surface area contributed by atoms with E-state index in [9.17, 15) is 4.79 Å². The number of benzene rings is 5. The molecule has 0 saturated carbocycles. The molecule has 0 aliphatic heterocycles. The number of fused-ring (bicyclic) bond motifs is 2. The van der Waals surface area contributed by atoms with Gasteiger partial charge in [-0.05, 0) is 53.6 Å². The summed E-state index contributed by atoms with van der Waals surface area (Å²) in [6.45, 7) is 5.56. The first-order chi connectivity index (χ1) is 17.6. The molecule has 1 atom stereocenters. The van der Waals surface area contributed by atoms with Crippen molar-refractivity contribution in [2.45, 2.75) is 22.8 Å². The van der Waals surface area contributed by atoms with E-state index in [1.54, 1.807) is 18.7 Å². The molecule has 0 amide bonds. The monoisotopic (exact) mass is 490 g/mol. The normalized spacial score (nSPS) is 11.8. The SMILES string of the molecule is C=C(C)C(=O)OC(COc1c2ccccc2cc2ccc(Sc3ccccc3)cc12)c1ccccc1. The molecule has 0 spiro atoms. The zero-order chi connectivity index (χ0) is 24.9. The molecule has 5 aromatic carbocycles. The molecule has 5 rings (SSSR count). The van der Waals surface area contributed by atoms with Crippen molar-refractivity contribution in [3.05, 3.63) is 127 Å². The van der Waals surface area contributed by atoms with Crippen molar-refractivity contribution in [1.29, 1.82) is 0 Å². The molecule has 0 aliphatic carbocycles. The summed E-state index contributed by atoms with van der Waals surface area (Å²) in [5, 5.41) is 4.23. The molecule has 36 heavy (non-hydrogen) atoms. The fourth-order valence-electron chi connectivity index (χ4n) is 4.10. The van der Waals surface area contributed by atoms with E-state index >= 15 is 0 Å². The van der Waals surface area contributed by atoms with Crippen LogP contribution in [0.15, 0.2) is 131 Å². The van der Waals surface area contributed by atoms with Gasteiger partial charge in [-0.3, -0.25) is 0 Å². The Hall–Kier alpha value is -4.02. The smallest absolute Gasteiger partial charge is 0.333 e. The van der Waals surface area contributed by atoms with E-state index in [0.717, 1.165) is 37.8 Å². The summed E-state index contributed by atoms with van der Waals surface area (Å²) in [5.41, 5.74) is 1.23. The summed E-state index contributed by atoms with van der Waals surface area (Å²) in [6.07, 6.45) is -0.564. The van der Waals surface area contributed by atoms with Crippen LogP contribution in [0.1, 0.15) is 18.6 Å². The van der Waals surface area contributed by atoms with Crippen molar-refractivity contribution in [2.75, 3.05) is 6.61 Å². The lowest BCUT2D eigenvalue weighted by molar-refractivity contribution is -0.146. The quantitative estimate of drug-likeness (QED) is 0.124. The topological polar surface area (TPSA) is 35.5 Å². The fourth-order valence-corrected chi connectivity index (χ4v) is 4.98. The van der Waals surface area contributed by atoms with Crippen molar-refractivity contribution in [3.63, 3.8) is 0 Å². The minimum atomic E-state index is -0.564. The molecule has 0 bridgehead atoms. The lowest BCUT2D eigenvalue weighted by Gasteiger charge is -2.21. The minimum absolute atomic E-state index is 0.183. The Balaban J connectivity index is 1.54. The van der Waals surface area contributed by atoms with Gasteiger partial charge in [0.25, 0.3) is 0 Å². The molecule has 178 valence electrons. The maximum atomic E-state index is 12.4. The molecule has 0 aliphatic rings. The summed E-state index contributed by atoms with van der Waals surface area (Å²) >= 11 is 1.71. The second-order valence-electron chi connectivity index (χ2n) is 8.62. The maximum absolute atomic E-state index is 12.4. The number of rotatable bonds is 8. The highest BCUT2D eigenvalue weighted by Gasteiger charge is 2.20. The van der Waals surface area contributed by atoms with Crippen molar-refractivity contribution in [2.24, 2.45) is 0 Å². The Morgan fingerprint density at radius 1 is 0.778 bits per heavy atom. The number of hydrogen-bond donors (Lipinski definition) is 0. The molecule has 0 N–H and O–H groups in total. The van der Waals surface area contributed by atoms with Gasteiger partial charge in [-0.15, -0.1) is 0 Å². The standard InChI is InChI=1S/C32H26O3S/c1-22(2)32(33)35-30(23-11-5-3-6-12-23)21-34-31-28-16-10-9-13-24(28)19-25-17-18-27(20-29(25)31)36-26-14-7-4-8-15-26/h3-20,30H,1,21H2,2H3. The van der Waals surface area contributed by atoms with Crippen LogP contribution >= 0.6 is 11.8 Å². The number of ether oxygens (including phenoxy) is 2. The van der Waals surface area contributed by atoms with Gasteiger partial charge in [0.1, 0.15) is 12.4 Å². The first-order valence-electron chi connectivity index (χ1n) is 11.8. The van der Waals surface area contributed by atoms with E-state index in [4.69, 9.17) is 9.47 Å². The zero-order valence-corrected chi connectivity index (χ0v) is 20.8. The maximum Gasteiger partial charge on any atom is 0.333 e. The first-order valence-corrected chi connectivity index (χ1v) is 12.6. The molecular weight excluding hydrogens is 464 g/mol. The van der Waals surface area contributed by atoms with Gasteiger partial charge in [-0.1, -0.05) is 97.2 Å². The van der Waals surface area contributed by atoms with Gasteiger partial charge in [-0.2, -0.15) is 0 Å². The van der Waals surface area contributed by atoms with Gasteiger partial charge in [0.2, 0.25) is 0 Å². The van der Waals surface area contributed by atoms with E-state index < -0.39 is 12.1 Å². The van der Waals surface area contributed by atoms with Crippen LogP contribution in [0.25, 0.3) is 21.5 Å². The first kappa shape index (κ1) is 23.7. The highest BCUT2D eigenvalue weighted by atomic mass is 32.2. The Morgan fingerprint density at radius 3 is 2.19 bits per heavy atom. The van der Waals surface area contributed by atoms with E-state index in [1.807, 2.05) is 60.7 Å². The van der Waals surface area contributed by atoms with Gasteiger partial charge in [0.05, 0.1) is 0 Å². The molecular formula is C32H26O3S. The summed E-state index contributed by atoms with van der Waals surface area (Å²) in [7, 11) is 0. The number of carbonyl (C=O) groups is 1. The van der Waals surface area contributed by atoms with E-state index in [2.05, 4.69) is 55.1 Å². The van der Waals surface area contributed by atoms with Crippen molar-refractivity contribution in [3.8, 4) is 5.75 Å². The summed E-state index contributed by atoms with van der Waals surface area (Å²) in [6, 6.07) is 36.8. The number of esters is 1. The second kappa shape index (κ2) is 10.7. The van der Waals surface area contributed by atoms with Crippen LogP contribution in [0, 0.1) is 0 Å². The summed E-state index contributed by atoms with van der Waals surface area (Å²) in [4.78, 5) is 14.7. The van der Waals surface area contributed by atoms with Gasteiger partial charge in [-0.25, -0.2) is 4.79 Å². The molecule has 4 heteroatoms. The molecule has 0 saturated heterocycles. The third-order valence-electron chi connectivity index (χ3n) is 5.91. The molecule has 3 nitrogen and oxygen atoms in total. The van der Waals surface area contributed by atoms with Crippen LogP contribution in [0.4, 0.5) is 0 Å². The molecule has 0 radical (unpaired) electrons. The third-order valence-corrected chi connectivity index (χ3v) is 6.91. The van der Waals surface area contributed by atoms with Crippen LogP contribution in [0.3, 0.4) is 0 Å². The van der Waals surface area contributed by atoms with Crippen LogP contribution in [0.2, 0.25) is 0 Å². The predicted octanol–water partition coefficient (Wildman–Crippen LogP) is 8.38. The van der Waals surface area contributed by atoms with E-state index in [0.29, 0.717) is 5.57 Å². The van der Waals surface area contributed by atoms with Crippen LogP contribution in [-0.4, -0.2) is 12.6 Å². The zero-order valence-electron chi connectivity index (χ0n) is 20.0. The molecule has 0 fully saturated rings. The van der Waals surface area contributed by atoms with Crippen molar-refractivity contribution >= 4 is 39.3 Å². The van der Waals surface area contributed by atoms with Gasteiger partial charge in [0, 0.05) is 26.1 Å². The molecule has 0 heterocycles. The summed E-state index contributed by atoms with van der Waals surface area (Å²) < 4.78 is 12.3. The lowest BCUT2D eigenvalue weighted by Crippen LogP contribution is -2.18. The highest BCUT2D eigenvalue weighted by Crippen LogP contribution is 2.39. The largest absolute Gasteiger partial charge is 0.488 e.